The predicted molar refractivity (Wildman–Crippen MR) is 119 cm³/mol. The van der Waals surface area contributed by atoms with E-state index in [2.05, 4.69) is 10.6 Å². The number of hydrogen-bond donors (Lipinski definition) is 2. The van der Waals surface area contributed by atoms with E-state index >= 15 is 0 Å². The van der Waals surface area contributed by atoms with Crippen molar-refractivity contribution in [2.75, 3.05) is 29.1 Å². The van der Waals surface area contributed by atoms with Crippen molar-refractivity contribution in [1.29, 1.82) is 0 Å². The van der Waals surface area contributed by atoms with Gasteiger partial charge in [-0.2, -0.15) is 0 Å². The quantitative estimate of drug-likeness (QED) is 0.559. The lowest BCUT2D eigenvalue weighted by Gasteiger charge is -2.17. The van der Waals surface area contributed by atoms with Gasteiger partial charge in [0.1, 0.15) is 0 Å². The first-order chi connectivity index (χ1) is 13.9. The Bertz CT molecular complexity index is 1010. The summed E-state index contributed by atoms with van der Waals surface area (Å²) < 4.78 is 0. The highest BCUT2D eigenvalue weighted by Gasteiger charge is 2.13. The minimum Gasteiger partial charge on any atom is -0.376 e. The molecule has 0 heterocycles. The lowest BCUT2D eigenvalue weighted by molar-refractivity contribution is -0.114. The second-order valence-electron chi connectivity index (χ2n) is 6.31. The highest BCUT2D eigenvalue weighted by Crippen LogP contribution is 2.25. The molecule has 148 valence electrons. The van der Waals surface area contributed by atoms with E-state index in [4.69, 9.17) is 23.2 Å². The summed E-state index contributed by atoms with van der Waals surface area (Å²) in [6, 6.07) is 21.2. The zero-order chi connectivity index (χ0) is 20.8. The van der Waals surface area contributed by atoms with Crippen LogP contribution in [0.15, 0.2) is 72.8 Å². The summed E-state index contributed by atoms with van der Waals surface area (Å²) in [6.07, 6.45) is 0. The molecular weight excluding hydrogens is 409 g/mol. The van der Waals surface area contributed by atoms with Crippen molar-refractivity contribution >= 4 is 52.1 Å². The van der Waals surface area contributed by atoms with Gasteiger partial charge in [0.2, 0.25) is 5.91 Å². The van der Waals surface area contributed by atoms with Gasteiger partial charge in [-0.15, -0.1) is 0 Å². The average molecular weight is 428 g/mol. The second kappa shape index (κ2) is 9.45. The summed E-state index contributed by atoms with van der Waals surface area (Å²) in [6.45, 7) is 0.0649. The number of hydrogen-bond acceptors (Lipinski definition) is 3. The molecule has 0 spiro atoms. The van der Waals surface area contributed by atoms with E-state index in [1.807, 2.05) is 30.3 Å². The third kappa shape index (κ3) is 5.50. The predicted octanol–water partition coefficient (Wildman–Crippen LogP) is 5.32. The molecule has 0 atom stereocenters. The van der Waals surface area contributed by atoms with Gasteiger partial charge < -0.3 is 15.5 Å². The zero-order valence-corrected chi connectivity index (χ0v) is 17.2. The van der Waals surface area contributed by atoms with Gasteiger partial charge in [-0.25, -0.2) is 0 Å². The maximum Gasteiger partial charge on any atom is 0.258 e. The highest BCUT2D eigenvalue weighted by molar-refractivity contribution is 6.42. The number of amides is 2. The van der Waals surface area contributed by atoms with Crippen LogP contribution in [-0.4, -0.2) is 25.4 Å². The van der Waals surface area contributed by atoms with Crippen molar-refractivity contribution in [2.45, 2.75) is 0 Å². The van der Waals surface area contributed by atoms with Gasteiger partial charge in [0, 0.05) is 29.7 Å². The molecule has 0 aliphatic carbocycles. The summed E-state index contributed by atoms with van der Waals surface area (Å²) in [5, 5.41) is 6.63. The number of anilines is 3. The maximum atomic E-state index is 12.6. The Morgan fingerprint density at radius 1 is 0.862 bits per heavy atom. The summed E-state index contributed by atoms with van der Waals surface area (Å²) in [5.41, 5.74) is 2.64. The van der Waals surface area contributed by atoms with Gasteiger partial charge in [0.15, 0.2) is 0 Å². The lowest BCUT2D eigenvalue weighted by atomic mass is 10.1. The van der Waals surface area contributed by atoms with Crippen molar-refractivity contribution < 1.29 is 9.59 Å². The van der Waals surface area contributed by atoms with Crippen LogP contribution in [0.1, 0.15) is 10.4 Å². The number of para-hydroxylation sites is 1. The molecule has 0 saturated heterocycles. The Morgan fingerprint density at radius 2 is 1.52 bits per heavy atom. The van der Waals surface area contributed by atoms with Crippen LogP contribution in [0.5, 0.6) is 0 Å². The van der Waals surface area contributed by atoms with E-state index in [0.717, 1.165) is 5.69 Å². The first-order valence-electron chi connectivity index (χ1n) is 8.86. The smallest absolute Gasteiger partial charge is 0.258 e. The number of carbonyl (C=O) groups excluding carboxylic acids is 2. The maximum absolute atomic E-state index is 12.6. The van der Waals surface area contributed by atoms with Gasteiger partial charge >= 0.3 is 0 Å². The molecule has 3 aromatic carbocycles. The molecule has 29 heavy (non-hydrogen) atoms. The third-order valence-electron chi connectivity index (χ3n) is 4.24. The minimum absolute atomic E-state index is 0.0649. The van der Waals surface area contributed by atoms with Crippen LogP contribution in [0.25, 0.3) is 0 Å². The molecule has 0 saturated carbocycles. The molecule has 5 nitrogen and oxygen atoms in total. The van der Waals surface area contributed by atoms with Crippen LogP contribution < -0.4 is 15.5 Å². The molecule has 0 aromatic heterocycles. The monoisotopic (exact) mass is 427 g/mol. The Morgan fingerprint density at radius 3 is 2.17 bits per heavy atom. The van der Waals surface area contributed by atoms with E-state index in [-0.39, 0.29) is 18.4 Å². The van der Waals surface area contributed by atoms with E-state index in [1.54, 1.807) is 54.4 Å². The molecule has 0 aliphatic rings. The number of rotatable bonds is 6. The van der Waals surface area contributed by atoms with Crippen molar-refractivity contribution in [3.05, 3.63) is 88.4 Å². The Hall–Kier alpha value is -3.02. The standard InChI is InChI=1S/C22H19Cl2N3O2/c1-27(18-5-3-2-4-6-18)22(29)15-7-9-16(10-8-15)26-21(28)14-25-17-11-12-19(23)20(24)13-17/h2-13,25H,14H2,1H3,(H,26,28). The van der Waals surface area contributed by atoms with Crippen LogP contribution in [0.4, 0.5) is 17.1 Å². The molecule has 7 heteroatoms. The van der Waals surface area contributed by atoms with Gasteiger partial charge in [-0.05, 0) is 54.6 Å². The van der Waals surface area contributed by atoms with Crippen LogP contribution >= 0.6 is 23.2 Å². The van der Waals surface area contributed by atoms with Gasteiger partial charge in [-0.3, -0.25) is 9.59 Å². The SMILES string of the molecule is CN(C(=O)c1ccc(NC(=O)CNc2ccc(Cl)c(Cl)c2)cc1)c1ccccc1. The molecule has 0 unspecified atom stereocenters. The third-order valence-corrected chi connectivity index (χ3v) is 4.98. The molecule has 2 N–H and O–H groups in total. The summed E-state index contributed by atoms with van der Waals surface area (Å²) >= 11 is 11.8. The van der Waals surface area contributed by atoms with E-state index in [9.17, 15) is 9.59 Å². The van der Waals surface area contributed by atoms with Gasteiger partial charge in [0.05, 0.1) is 16.6 Å². The van der Waals surface area contributed by atoms with Crippen molar-refractivity contribution in [3.63, 3.8) is 0 Å². The first kappa shape index (κ1) is 20.7. The van der Waals surface area contributed by atoms with Crippen molar-refractivity contribution in [2.24, 2.45) is 0 Å². The first-order valence-corrected chi connectivity index (χ1v) is 9.61. The molecular formula is C22H19Cl2N3O2. The van der Waals surface area contributed by atoms with Crippen LogP contribution in [0, 0.1) is 0 Å². The van der Waals surface area contributed by atoms with Crippen molar-refractivity contribution in [1.82, 2.24) is 0 Å². The zero-order valence-electron chi connectivity index (χ0n) is 15.7. The number of benzene rings is 3. The highest BCUT2D eigenvalue weighted by atomic mass is 35.5. The summed E-state index contributed by atoms with van der Waals surface area (Å²) in [5.74, 6) is -0.355. The molecule has 3 rings (SSSR count). The Kier molecular flexibility index (Phi) is 6.75. The molecule has 0 bridgehead atoms. The average Bonchev–Trinajstić information content (AvgIpc) is 2.74. The van der Waals surface area contributed by atoms with Gasteiger partial charge in [-0.1, -0.05) is 41.4 Å². The largest absolute Gasteiger partial charge is 0.376 e. The van der Waals surface area contributed by atoms with Crippen LogP contribution in [0.2, 0.25) is 10.0 Å². The fraction of sp³-hybridized carbons (Fsp3) is 0.0909. The fourth-order valence-electron chi connectivity index (χ4n) is 2.65. The van der Waals surface area contributed by atoms with Crippen LogP contribution in [0.3, 0.4) is 0 Å². The molecule has 3 aromatic rings. The van der Waals surface area contributed by atoms with Gasteiger partial charge in [0.25, 0.3) is 5.91 Å². The summed E-state index contributed by atoms with van der Waals surface area (Å²) in [4.78, 5) is 26.3. The Balaban J connectivity index is 1.56. The molecule has 2 amide bonds. The second-order valence-corrected chi connectivity index (χ2v) is 7.12. The van der Waals surface area contributed by atoms with Crippen molar-refractivity contribution in [3.8, 4) is 0 Å². The lowest BCUT2D eigenvalue weighted by Crippen LogP contribution is -2.26. The fourth-order valence-corrected chi connectivity index (χ4v) is 2.95. The van der Waals surface area contributed by atoms with Crippen LogP contribution in [-0.2, 0) is 4.79 Å². The molecule has 0 fully saturated rings. The van der Waals surface area contributed by atoms with E-state index in [0.29, 0.717) is 27.0 Å². The summed E-state index contributed by atoms with van der Waals surface area (Å²) in [7, 11) is 1.72. The molecule has 0 radical (unpaired) electrons. The minimum atomic E-state index is -0.225. The molecule has 0 aliphatic heterocycles. The number of nitrogens with one attached hydrogen (secondary N) is 2. The van der Waals surface area contributed by atoms with E-state index in [1.165, 1.54) is 0 Å². The number of halogens is 2. The normalized spacial score (nSPS) is 10.3. The topological polar surface area (TPSA) is 61.4 Å². The number of nitrogens with zero attached hydrogens (tertiary/aromatic N) is 1. The van der Waals surface area contributed by atoms with E-state index < -0.39 is 0 Å². The number of carbonyl (C=O) groups is 2. The Labute approximate surface area is 179 Å².